The first-order valence-electron chi connectivity index (χ1n) is 6.52. The maximum atomic E-state index is 12.2. The van der Waals surface area contributed by atoms with Crippen molar-refractivity contribution in [3.8, 4) is 0 Å². The highest BCUT2D eigenvalue weighted by Gasteiger charge is 2.40. The lowest BCUT2D eigenvalue weighted by Gasteiger charge is -2.21. The average Bonchev–Trinajstić information content (AvgIpc) is 2.83. The molecule has 4 N–H and O–H groups in total. The summed E-state index contributed by atoms with van der Waals surface area (Å²) in [6.07, 6.45) is 0.496. The first-order chi connectivity index (χ1) is 9.83. The Kier molecular flexibility index (Phi) is 3.84. The van der Waals surface area contributed by atoms with Gasteiger partial charge >= 0.3 is 12.0 Å². The third-order valence-corrected chi connectivity index (χ3v) is 3.75. The number of benzene rings is 1. The second-order valence-electron chi connectivity index (χ2n) is 5.38. The zero-order valence-corrected chi connectivity index (χ0v) is 11.6. The topological polar surface area (TPSA) is 113 Å². The first-order valence-corrected chi connectivity index (χ1v) is 6.52. The van der Waals surface area contributed by atoms with E-state index < -0.39 is 23.3 Å². The fourth-order valence-corrected chi connectivity index (χ4v) is 2.31. The van der Waals surface area contributed by atoms with Crippen molar-refractivity contribution in [1.82, 2.24) is 4.90 Å². The fraction of sp³-hybridized carbons (Fsp3) is 0.357. The highest BCUT2D eigenvalue weighted by Crippen LogP contribution is 2.30. The third kappa shape index (κ3) is 2.96. The lowest BCUT2D eigenvalue weighted by molar-refractivity contribution is -0.126. The standard InChI is InChI=1S/C14H17N3O4/c1-14(12(15)20)6-7-17(8-14)13(21)16-10-5-3-2-4-9(10)11(18)19/h2-5H,6-8H2,1H3,(H2,15,20)(H,16,21)(H,18,19). The summed E-state index contributed by atoms with van der Waals surface area (Å²) in [6, 6.07) is 5.72. The van der Waals surface area contributed by atoms with Crippen molar-refractivity contribution < 1.29 is 19.5 Å². The number of carbonyl (C=O) groups is 3. The Morgan fingerprint density at radius 1 is 1.33 bits per heavy atom. The molecule has 1 aliphatic heterocycles. The number of likely N-dealkylation sites (tertiary alicyclic amines) is 1. The number of aromatic carboxylic acids is 1. The number of nitrogens with zero attached hydrogens (tertiary/aromatic N) is 1. The van der Waals surface area contributed by atoms with Crippen molar-refractivity contribution in [3.05, 3.63) is 29.8 Å². The number of carboxylic acids is 1. The number of carboxylic acid groups (broad SMARTS) is 1. The number of para-hydroxylation sites is 1. The van der Waals surface area contributed by atoms with Crippen LogP contribution in [0.5, 0.6) is 0 Å². The maximum absolute atomic E-state index is 12.2. The normalized spacial score (nSPS) is 21.1. The van der Waals surface area contributed by atoms with E-state index >= 15 is 0 Å². The van der Waals surface area contributed by atoms with Gasteiger partial charge in [-0.05, 0) is 25.5 Å². The van der Waals surface area contributed by atoms with Gasteiger partial charge in [-0.2, -0.15) is 0 Å². The summed E-state index contributed by atoms with van der Waals surface area (Å²) in [5.41, 5.74) is 4.84. The van der Waals surface area contributed by atoms with Gasteiger partial charge in [0.05, 0.1) is 16.7 Å². The summed E-state index contributed by atoms with van der Waals surface area (Å²) in [7, 11) is 0. The molecule has 1 unspecified atom stereocenters. The van der Waals surface area contributed by atoms with Gasteiger partial charge in [0, 0.05) is 13.1 Å². The van der Waals surface area contributed by atoms with Gasteiger partial charge in [0.15, 0.2) is 0 Å². The smallest absolute Gasteiger partial charge is 0.337 e. The molecule has 1 saturated heterocycles. The third-order valence-electron chi connectivity index (χ3n) is 3.75. The molecule has 1 atom stereocenters. The number of anilines is 1. The van der Waals surface area contributed by atoms with Crippen LogP contribution in [0.15, 0.2) is 24.3 Å². The molecule has 0 spiro atoms. The van der Waals surface area contributed by atoms with Crippen molar-refractivity contribution >= 4 is 23.6 Å². The zero-order valence-electron chi connectivity index (χ0n) is 11.6. The zero-order chi connectivity index (χ0) is 15.6. The van der Waals surface area contributed by atoms with Crippen LogP contribution in [-0.4, -0.2) is 41.0 Å². The second-order valence-corrected chi connectivity index (χ2v) is 5.38. The average molecular weight is 291 g/mol. The Morgan fingerprint density at radius 3 is 2.57 bits per heavy atom. The number of carbonyl (C=O) groups excluding carboxylic acids is 2. The number of nitrogens with one attached hydrogen (secondary N) is 1. The molecule has 21 heavy (non-hydrogen) atoms. The molecule has 7 nitrogen and oxygen atoms in total. The number of primary amides is 1. The van der Waals surface area contributed by atoms with Crippen LogP contribution in [0.25, 0.3) is 0 Å². The molecule has 0 radical (unpaired) electrons. The van der Waals surface area contributed by atoms with Gasteiger partial charge in [0.1, 0.15) is 0 Å². The number of hydrogen-bond donors (Lipinski definition) is 3. The highest BCUT2D eigenvalue weighted by molar-refractivity contribution is 6.00. The Bertz CT molecular complexity index is 602. The predicted molar refractivity (Wildman–Crippen MR) is 75.9 cm³/mol. The maximum Gasteiger partial charge on any atom is 0.337 e. The molecule has 0 aliphatic carbocycles. The van der Waals surface area contributed by atoms with Crippen LogP contribution >= 0.6 is 0 Å². The SMILES string of the molecule is CC1(C(N)=O)CCN(C(=O)Nc2ccccc2C(=O)O)C1. The van der Waals surface area contributed by atoms with Crippen molar-refractivity contribution in [2.45, 2.75) is 13.3 Å². The minimum atomic E-state index is -1.12. The van der Waals surface area contributed by atoms with Crippen LogP contribution in [0.1, 0.15) is 23.7 Å². The van der Waals surface area contributed by atoms with E-state index in [0.29, 0.717) is 13.0 Å². The molecule has 1 fully saturated rings. The minimum absolute atomic E-state index is 0.0164. The summed E-state index contributed by atoms with van der Waals surface area (Å²) in [5.74, 6) is -1.56. The largest absolute Gasteiger partial charge is 0.478 e. The number of rotatable bonds is 3. The van der Waals surface area contributed by atoms with Crippen LogP contribution in [0.4, 0.5) is 10.5 Å². The molecule has 0 saturated carbocycles. The lowest BCUT2D eigenvalue weighted by atomic mass is 9.89. The minimum Gasteiger partial charge on any atom is -0.478 e. The molecule has 0 bridgehead atoms. The molecular weight excluding hydrogens is 274 g/mol. The van der Waals surface area contributed by atoms with Gasteiger partial charge < -0.3 is 21.1 Å². The van der Waals surface area contributed by atoms with Crippen molar-refractivity contribution in [2.75, 3.05) is 18.4 Å². The Morgan fingerprint density at radius 2 is 2.00 bits per heavy atom. The van der Waals surface area contributed by atoms with Gasteiger partial charge in [0.25, 0.3) is 0 Å². The summed E-state index contributed by atoms with van der Waals surface area (Å²) >= 11 is 0. The Hall–Kier alpha value is -2.57. The van der Waals surface area contributed by atoms with E-state index in [1.165, 1.54) is 17.0 Å². The number of hydrogen-bond acceptors (Lipinski definition) is 3. The molecule has 2 rings (SSSR count). The van der Waals surface area contributed by atoms with Gasteiger partial charge in [0.2, 0.25) is 5.91 Å². The van der Waals surface area contributed by atoms with Crippen molar-refractivity contribution in [3.63, 3.8) is 0 Å². The molecule has 0 aromatic heterocycles. The summed E-state index contributed by atoms with van der Waals surface area (Å²) in [4.78, 5) is 36.1. The Balaban J connectivity index is 2.10. The van der Waals surface area contributed by atoms with Crippen LogP contribution in [-0.2, 0) is 4.79 Å². The lowest BCUT2D eigenvalue weighted by Crippen LogP contribution is -2.40. The summed E-state index contributed by atoms with van der Waals surface area (Å²) < 4.78 is 0. The van der Waals surface area contributed by atoms with Gasteiger partial charge in [-0.15, -0.1) is 0 Å². The van der Waals surface area contributed by atoms with E-state index in [4.69, 9.17) is 10.8 Å². The van der Waals surface area contributed by atoms with Crippen LogP contribution in [0.2, 0.25) is 0 Å². The summed E-state index contributed by atoms with van der Waals surface area (Å²) in [6.45, 7) is 2.34. The van der Waals surface area contributed by atoms with E-state index in [9.17, 15) is 14.4 Å². The molecule has 3 amide bonds. The molecule has 1 aromatic carbocycles. The first kappa shape index (κ1) is 14.8. The highest BCUT2D eigenvalue weighted by atomic mass is 16.4. The van der Waals surface area contributed by atoms with Gasteiger partial charge in [-0.1, -0.05) is 12.1 Å². The second kappa shape index (κ2) is 5.43. The van der Waals surface area contributed by atoms with Crippen LogP contribution in [0.3, 0.4) is 0 Å². The number of amides is 3. The van der Waals surface area contributed by atoms with Crippen LogP contribution < -0.4 is 11.1 Å². The predicted octanol–water partition coefficient (Wildman–Crippen LogP) is 1.11. The van der Waals surface area contributed by atoms with Gasteiger partial charge in [-0.3, -0.25) is 4.79 Å². The van der Waals surface area contributed by atoms with Crippen molar-refractivity contribution in [1.29, 1.82) is 0 Å². The quantitative estimate of drug-likeness (QED) is 0.774. The Labute approximate surface area is 121 Å². The van der Waals surface area contributed by atoms with E-state index in [1.807, 2.05) is 0 Å². The van der Waals surface area contributed by atoms with E-state index in [-0.39, 0.29) is 17.8 Å². The molecule has 7 heteroatoms. The molecule has 1 aromatic rings. The molecule has 1 aliphatic rings. The molecule has 1 heterocycles. The van der Waals surface area contributed by atoms with E-state index in [2.05, 4.69) is 5.32 Å². The number of nitrogens with two attached hydrogens (primary N) is 1. The number of urea groups is 1. The van der Waals surface area contributed by atoms with Gasteiger partial charge in [-0.25, -0.2) is 9.59 Å². The van der Waals surface area contributed by atoms with E-state index in [0.717, 1.165) is 0 Å². The summed E-state index contributed by atoms with van der Waals surface area (Å²) in [5, 5.41) is 11.6. The van der Waals surface area contributed by atoms with Crippen molar-refractivity contribution in [2.24, 2.45) is 11.1 Å². The molecular formula is C14H17N3O4. The molecule has 112 valence electrons. The van der Waals surface area contributed by atoms with E-state index in [1.54, 1.807) is 19.1 Å². The fourth-order valence-electron chi connectivity index (χ4n) is 2.31. The monoisotopic (exact) mass is 291 g/mol. The van der Waals surface area contributed by atoms with Crippen LogP contribution in [0, 0.1) is 5.41 Å².